The minimum absolute atomic E-state index is 0.0320. The van der Waals surface area contributed by atoms with Crippen LogP contribution in [0.25, 0.3) is 0 Å². The lowest BCUT2D eigenvalue weighted by atomic mass is 10.2. The molecule has 0 aromatic heterocycles. The van der Waals surface area contributed by atoms with Crippen molar-refractivity contribution in [1.29, 1.82) is 0 Å². The van der Waals surface area contributed by atoms with Crippen LogP contribution in [0, 0.1) is 0 Å². The third-order valence-electron chi connectivity index (χ3n) is 4.48. The molecular weight excluding hydrogens is 226 g/mol. The lowest BCUT2D eigenvalue weighted by molar-refractivity contribution is -0.127. The number of amides is 1. The Bertz CT molecular complexity index is 268. The maximum Gasteiger partial charge on any atom is 0.237 e. The fourth-order valence-corrected chi connectivity index (χ4v) is 3.02. The van der Waals surface area contributed by atoms with Crippen LogP contribution >= 0.6 is 0 Å². The second-order valence-electron chi connectivity index (χ2n) is 5.64. The third kappa shape index (κ3) is 3.45. The van der Waals surface area contributed by atoms with Gasteiger partial charge < -0.3 is 10.2 Å². The van der Waals surface area contributed by atoms with E-state index >= 15 is 0 Å². The molecule has 1 atom stereocenters. The van der Waals surface area contributed by atoms with Crippen molar-refractivity contribution in [3.05, 3.63) is 0 Å². The monoisotopic (exact) mass is 253 g/mol. The molecule has 0 spiro atoms. The highest BCUT2D eigenvalue weighted by atomic mass is 16.2. The zero-order valence-corrected chi connectivity index (χ0v) is 11.8. The predicted octanol–water partition coefficient (Wildman–Crippen LogP) is 1.07. The SMILES string of the molecule is CCN1CCN(C(C)C(=O)NC2CCCC2)CC1. The number of carbonyl (C=O) groups is 1. The number of hydrogen-bond donors (Lipinski definition) is 1. The van der Waals surface area contributed by atoms with E-state index in [1.807, 2.05) is 6.92 Å². The molecule has 2 rings (SSSR count). The van der Waals surface area contributed by atoms with Crippen LogP contribution in [0.2, 0.25) is 0 Å². The summed E-state index contributed by atoms with van der Waals surface area (Å²) in [5.74, 6) is 0.229. The third-order valence-corrected chi connectivity index (χ3v) is 4.48. The number of likely N-dealkylation sites (N-methyl/N-ethyl adjacent to an activating group) is 1. The van der Waals surface area contributed by atoms with Crippen molar-refractivity contribution in [1.82, 2.24) is 15.1 Å². The average molecular weight is 253 g/mol. The first kappa shape index (κ1) is 13.8. The maximum absolute atomic E-state index is 12.2. The zero-order valence-electron chi connectivity index (χ0n) is 11.8. The lowest BCUT2D eigenvalue weighted by Gasteiger charge is -2.37. The Labute approximate surface area is 111 Å². The largest absolute Gasteiger partial charge is 0.352 e. The first-order valence-corrected chi connectivity index (χ1v) is 7.47. The molecule has 1 unspecified atom stereocenters. The number of rotatable bonds is 4. The van der Waals surface area contributed by atoms with Gasteiger partial charge in [-0.1, -0.05) is 19.8 Å². The highest BCUT2D eigenvalue weighted by molar-refractivity contribution is 5.81. The summed E-state index contributed by atoms with van der Waals surface area (Å²) in [5, 5.41) is 3.21. The average Bonchev–Trinajstić information content (AvgIpc) is 2.91. The summed E-state index contributed by atoms with van der Waals surface area (Å²) in [5.41, 5.74) is 0. The van der Waals surface area contributed by atoms with Gasteiger partial charge in [-0.15, -0.1) is 0 Å². The number of hydrogen-bond acceptors (Lipinski definition) is 3. The smallest absolute Gasteiger partial charge is 0.237 e. The molecule has 18 heavy (non-hydrogen) atoms. The standard InChI is InChI=1S/C14H27N3O/c1-3-16-8-10-17(11-9-16)12(2)14(18)15-13-6-4-5-7-13/h12-13H,3-11H2,1-2H3,(H,15,18). The Hall–Kier alpha value is -0.610. The van der Waals surface area contributed by atoms with Gasteiger partial charge in [0.15, 0.2) is 0 Å². The van der Waals surface area contributed by atoms with Crippen molar-refractivity contribution in [3.8, 4) is 0 Å². The van der Waals surface area contributed by atoms with Crippen LogP contribution in [0.15, 0.2) is 0 Å². The molecule has 1 N–H and O–H groups in total. The van der Waals surface area contributed by atoms with Crippen LogP contribution in [-0.2, 0) is 4.79 Å². The van der Waals surface area contributed by atoms with Gasteiger partial charge in [0, 0.05) is 32.2 Å². The summed E-state index contributed by atoms with van der Waals surface area (Å²) < 4.78 is 0. The molecule has 1 saturated heterocycles. The molecule has 1 aliphatic heterocycles. The molecule has 0 radical (unpaired) electrons. The van der Waals surface area contributed by atoms with Crippen molar-refractivity contribution in [3.63, 3.8) is 0 Å². The van der Waals surface area contributed by atoms with Crippen molar-refractivity contribution < 1.29 is 4.79 Å². The van der Waals surface area contributed by atoms with E-state index in [0.717, 1.165) is 32.7 Å². The molecule has 0 aromatic rings. The molecule has 1 heterocycles. The number of nitrogens with zero attached hydrogens (tertiary/aromatic N) is 2. The molecule has 1 saturated carbocycles. The number of nitrogens with one attached hydrogen (secondary N) is 1. The van der Waals surface area contributed by atoms with Gasteiger partial charge in [0.05, 0.1) is 6.04 Å². The Morgan fingerprint density at radius 3 is 2.39 bits per heavy atom. The highest BCUT2D eigenvalue weighted by Crippen LogP contribution is 2.18. The van der Waals surface area contributed by atoms with Gasteiger partial charge in [-0.25, -0.2) is 0 Å². The summed E-state index contributed by atoms with van der Waals surface area (Å²) in [4.78, 5) is 16.9. The van der Waals surface area contributed by atoms with Crippen LogP contribution in [0.3, 0.4) is 0 Å². The molecule has 0 aromatic carbocycles. The summed E-state index contributed by atoms with van der Waals surface area (Å²) in [6, 6.07) is 0.474. The first-order chi connectivity index (χ1) is 8.70. The van der Waals surface area contributed by atoms with Crippen molar-refractivity contribution >= 4 is 5.91 Å². The normalized spacial score (nSPS) is 25.2. The molecule has 4 heteroatoms. The van der Waals surface area contributed by atoms with Gasteiger partial charge in [0.1, 0.15) is 0 Å². The van der Waals surface area contributed by atoms with Crippen LogP contribution in [0.4, 0.5) is 0 Å². The van der Waals surface area contributed by atoms with Gasteiger partial charge >= 0.3 is 0 Å². The number of carbonyl (C=O) groups excluding carboxylic acids is 1. The van der Waals surface area contributed by atoms with Gasteiger partial charge in [0.2, 0.25) is 5.91 Å². The molecule has 4 nitrogen and oxygen atoms in total. The van der Waals surface area contributed by atoms with E-state index in [4.69, 9.17) is 0 Å². The van der Waals surface area contributed by atoms with E-state index in [-0.39, 0.29) is 11.9 Å². The fraction of sp³-hybridized carbons (Fsp3) is 0.929. The van der Waals surface area contributed by atoms with Gasteiger partial charge in [-0.2, -0.15) is 0 Å². The minimum Gasteiger partial charge on any atom is -0.352 e. The number of piperazine rings is 1. The van der Waals surface area contributed by atoms with Gasteiger partial charge in [-0.3, -0.25) is 9.69 Å². The summed E-state index contributed by atoms with van der Waals surface area (Å²) >= 11 is 0. The Balaban J connectivity index is 1.76. The van der Waals surface area contributed by atoms with Gasteiger partial charge in [-0.05, 0) is 26.3 Å². The minimum atomic E-state index is 0.0320. The highest BCUT2D eigenvalue weighted by Gasteiger charge is 2.27. The molecule has 0 bridgehead atoms. The van der Waals surface area contributed by atoms with E-state index < -0.39 is 0 Å². The van der Waals surface area contributed by atoms with Crippen molar-refractivity contribution in [2.24, 2.45) is 0 Å². The molecule has 104 valence electrons. The van der Waals surface area contributed by atoms with Gasteiger partial charge in [0.25, 0.3) is 0 Å². The first-order valence-electron chi connectivity index (χ1n) is 7.47. The van der Waals surface area contributed by atoms with Crippen LogP contribution in [0.5, 0.6) is 0 Å². The molecular formula is C14H27N3O. The van der Waals surface area contributed by atoms with Crippen molar-refractivity contribution in [2.75, 3.05) is 32.7 Å². The zero-order chi connectivity index (χ0) is 13.0. The lowest BCUT2D eigenvalue weighted by Crippen LogP contribution is -2.54. The Kier molecular flexibility index (Phi) is 5.01. The summed E-state index contributed by atoms with van der Waals surface area (Å²) in [6.45, 7) is 9.60. The topological polar surface area (TPSA) is 35.6 Å². The van der Waals surface area contributed by atoms with E-state index in [9.17, 15) is 4.79 Å². The molecule has 1 aliphatic carbocycles. The van der Waals surface area contributed by atoms with E-state index in [0.29, 0.717) is 6.04 Å². The molecule has 1 amide bonds. The summed E-state index contributed by atoms with van der Waals surface area (Å²) in [7, 11) is 0. The molecule has 2 aliphatic rings. The predicted molar refractivity (Wildman–Crippen MR) is 73.5 cm³/mol. The van der Waals surface area contributed by atoms with E-state index in [1.54, 1.807) is 0 Å². The quantitative estimate of drug-likeness (QED) is 0.814. The molecule has 2 fully saturated rings. The van der Waals surface area contributed by atoms with Crippen LogP contribution < -0.4 is 5.32 Å². The summed E-state index contributed by atoms with van der Waals surface area (Å²) in [6.07, 6.45) is 4.88. The second-order valence-corrected chi connectivity index (χ2v) is 5.64. The van der Waals surface area contributed by atoms with Crippen LogP contribution in [-0.4, -0.2) is 60.5 Å². The maximum atomic E-state index is 12.2. The van der Waals surface area contributed by atoms with Crippen molar-refractivity contribution in [2.45, 2.75) is 51.6 Å². The van der Waals surface area contributed by atoms with E-state index in [1.165, 1.54) is 25.7 Å². The van der Waals surface area contributed by atoms with E-state index in [2.05, 4.69) is 22.0 Å². The fourth-order valence-electron chi connectivity index (χ4n) is 3.02. The van der Waals surface area contributed by atoms with Crippen LogP contribution in [0.1, 0.15) is 39.5 Å². The second kappa shape index (κ2) is 6.53. The Morgan fingerprint density at radius 2 is 1.83 bits per heavy atom. The Morgan fingerprint density at radius 1 is 1.22 bits per heavy atom.